The predicted molar refractivity (Wildman–Crippen MR) is 61.8 cm³/mol. The van der Waals surface area contributed by atoms with Gasteiger partial charge in [0.15, 0.2) is 11.0 Å². The molecule has 0 amide bonds. The fourth-order valence-electron chi connectivity index (χ4n) is 1.41. The van der Waals surface area contributed by atoms with Crippen molar-refractivity contribution in [2.75, 3.05) is 11.4 Å². The number of hydrogen-bond acceptors (Lipinski definition) is 4. The van der Waals surface area contributed by atoms with Crippen LogP contribution in [0.1, 0.15) is 20.8 Å². The normalized spacial score (nSPS) is 11.2. The molecule has 0 aromatic carbocycles. The summed E-state index contributed by atoms with van der Waals surface area (Å²) in [5.41, 5.74) is -1.03. The molecule has 1 heterocycles. The molecule has 6 heteroatoms. The van der Waals surface area contributed by atoms with E-state index in [1.807, 2.05) is 6.92 Å². The SMILES string of the molecule is CCN(c1ccc(Cl)nn1)C(C)(C)C(=O)O. The standard InChI is InChI=1S/C10H14ClN3O2/c1-4-14(10(2,3)9(15)16)8-6-5-7(11)12-13-8/h5-6H,4H2,1-3H3,(H,15,16). The van der Waals surface area contributed by atoms with Crippen molar-refractivity contribution in [2.24, 2.45) is 0 Å². The average Bonchev–Trinajstić information content (AvgIpc) is 2.21. The first-order valence-electron chi connectivity index (χ1n) is 4.90. The van der Waals surface area contributed by atoms with Gasteiger partial charge >= 0.3 is 5.97 Å². The molecule has 1 aromatic heterocycles. The van der Waals surface area contributed by atoms with Crippen molar-refractivity contribution >= 4 is 23.4 Å². The third-order valence-electron chi connectivity index (χ3n) is 2.41. The Bertz CT molecular complexity index is 378. The Morgan fingerprint density at radius 1 is 1.50 bits per heavy atom. The molecular formula is C10H14ClN3O2. The van der Waals surface area contributed by atoms with Gasteiger partial charge in [0, 0.05) is 6.54 Å². The first-order chi connectivity index (χ1) is 7.39. The molecule has 88 valence electrons. The molecule has 0 aliphatic heterocycles. The highest BCUT2D eigenvalue weighted by molar-refractivity contribution is 6.29. The zero-order valence-electron chi connectivity index (χ0n) is 9.44. The number of likely N-dealkylation sites (N-methyl/N-ethyl adjacent to an activating group) is 1. The largest absolute Gasteiger partial charge is 0.480 e. The van der Waals surface area contributed by atoms with Crippen molar-refractivity contribution in [2.45, 2.75) is 26.3 Å². The number of nitrogens with zero attached hydrogens (tertiary/aromatic N) is 3. The Labute approximate surface area is 99.0 Å². The summed E-state index contributed by atoms with van der Waals surface area (Å²) >= 11 is 5.63. The van der Waals surface area contributed by atoms with Crippen LogP contribution < -0.4 is 4.90 Å². The van der Waals surface area contributed by atoms with Crippen LogP contribution in [0.25, 0.3) is 0 Å². The lowest BCUT2D eigenvalue weighted by atomic mass is 10.0. The number of aromatic nitrogens is 2. The van der Waals surface area contributed by atoms with E-state index in [0.717, 1.165) is 0 Å². The van der Waals surface area contributed by atoms with E-state index in [0.29, 0.717) is 12.4 Å². The summed E-state index contributed by atoms with van der Waals surface area (Å²) < 4.78 is 0. The van der Waals surface area contributed by atoms with Crippen LogP contribution in [-0.2, 0) is 4.79 Å². The summed E-state index contributed by atoms with van der Waals surface area (Å²) in [6, 6.07) is 3.24. The number of carboxylic acids is 1. The lowest BCUT2D eigenvalue weighted by molar-refractivity contribution is -0.142. The summed E-state index contributed by atoms with van der Waals surface area (Å²) in [5, 5.41) is 17.0. The molecular weight excluding hydrogens is 230 g/mol. The van der Waals surface area contributed by atoms with Crippen molar-refractivity contribution < 1.29 is 9.90 Å². The number of carbonyl (C=O) groups is 1. The highest BCUT2D eigenvalue weighted by Crippen LogP contribution is 2.22. The highest BCUT2D eigenvalue weighted by Gasteiger charge is 2.34. The average molecular weight is 244 g/mol. The van der Waals surface area contributed by atoms with Gasteiger partial charge in [-0.3, -0.25) is 0 Å². The van der Waals surface area contributed by atoms with Crippen LogP contribution >= 0.6 is 11.6 Å². The maximum absolute atomic E-state index is 11.1. The molecule has 0 atom stereocenters. The van der Waals surface area contributed by atoms with E-state index < -0.39 is 11.5 Å². The minimum absolute atomic E-state index is 0.285. The molecule has 16 heavy (non-hydrogen) atoms. The van der Waals surface area contributed by atoms with Crippen molar-refractivity contribution in [1.29, 1.82) is 0 Å². The molecule has 0 bridgehead atoms. The molecule has 0 aliphatic carbocycles. The summed E-state index contributed by atoms with van der Waals surface area (Å²) in [6.07, 6.45) is 0. The zero-order valence-corrected chi connectivity index (χ0v) is 10.2. The van der Waals surface area contributed by atoms with Gasteiger partial charge in [0.05, 0.1) is 0 Å². The number of rotatable bonds is 4. The van der Waals surface area contributed by atoms with Crippen molar-refractivity contribution in [3.8, 4) is 0 Å². The van der Waals surface area contributed by atoms with Gasteiger partial charge < -0.3 is 10.0 Å². The molecule has 1 rings (SSSR count). The Morgan fingerprint density at radius 2 is 2.12 bits per heavy atom. The lowest BCUT2D eigenvalue weighted by Crippen LogP contribution is -2.50. The maximum Gasteiger partial charge on any atom is 0.329 e. The fourth-order valence-corrected chi connectivity index (χ4v) is 1.51. The number of halogens is 1. The Morgan fingerprint density at radius 3 is 2.50 bits per heavy atom. The van der Waals surface area contributed by atoms with Crippen molar-refractivity contribution in [1.82, 2.24) is 10.2 Å². The second-order valence-corrected chi connectivity index (χ2v) is 4.21. The molecule has 1 aromatic rings. The monoisotopic (exact) mass is 243 g/mol. The van der Waals surface area contributed by atoms with Gasteiger partial charge in [-0.05, 0) is 32.9 Å². The molecule has 5 nitrogen and oxygen atoms in total. The summed E-state index contributed by atoms with van der Waals surface area (Å²) in [5.74, 6) is -0.412. The molecule has 0 saturated carbocycles. The van der Waals surface area contributed by atoms with Crippen LogP contribution in [0.4, 0.5) is 5.82 Å². The van der Waals surface area contributed by atoms with Crippen LogP contribution in [0.3, 0.4) is 0 Å². The molecule has 0 saturated heterocycles. The number of aliphatic carboxylic acids is 1. The lowest BCUT2D eigenvalue weighted by Gasteiger charge is -2.34. The van der Waals surface area contributed by atoms with E-state index >= 15 is 0 Å². The van der Waals surface area contributed by atoms with Gasteiger partial charge in [-0.1, -0.05) is 11.6 Å². The third-order valence-corrected chi connectivity index (χ3v) is 2.61. The van der Waals surface area contributed by atoms with Gasteiger partial charge in [-0.2, -0.15) is 0 Å². The van der Waals surface area contributed by atoms with Gasteiger partial charge in [0.1, 0.15) is 5.54 Å². The van der Waals surface area contributed by atoms with E-state index in [1.54, 1.807) is 30.9 Å². The van der Waals surface area contributed by atoms with Gasteiger partial charge in [-0.15, -0.1) is 10.2 Å². The van der Waals surface area contributed by atoms with E-state index in [1.165, 1.54) is 0 Å². The fraction of sp³-hybridized carbons (Fsp3) is 0.500. The summed E-state index contributed by atoms with van der Waals surface area (Å²) in [6.45, 7) is 5.63. The first kappa shape index (κ1) is 12.7. The van der Waals surface area contributed by atoms with Gasteiger partial charge in [-0.25, -0.2) is 4.79 Å². The summed E-state index contributed by atoms with van der Waals surface area (Å²) in [7, 11) is 0. The smallest absolute Gasteiger partial charge is 0.329 e. The topological polar surface area (TPSA) is 66.3 Å². The number of carboxylic acid groups (broad SMARTS) is 1. The minimum Gasteiger partial charge on any atom is -0.480 e. The van der Waals surface area contributed by atoms with Gasteiger partial charge in [0.25, 0.3) is 0 Å². The summed E-state index contributed by atoms with van der Waals surface area (Å²) in [4.78, 5) is 12.8. The number of hydrogen-bond donors (Lipinski definition) is 1. The van der Waals surface area contributed by atoms with Gasteiger partial charge in [0.2, 0.25) is 0 Å². The molecule has 0 aliphatic rings. The van der Waals surface area contributed by atoms with E-state index in [2.05, 4.69) is 10.2 Å². The molecule has 0 spiro atoms. The molecule has 0 fully saturated rings. The second-order valence-electron chi connectivity index (χ2n) is 3.82. The van der Waals surface area contributed by atoms with E-state index in [9.17, 15) is 4.79 Å². The van der Waals surface area contributed by atoms with E-state index in [-0.39, 0.29) is 5.15 Å². The Balaban J connectivity index is 3.07. The van der Waals surface area contributed by atoms with Crippen LogP contribution in [-0.4, -0.2) is 33.4 Å². The molecule has 0 radical (unpaired) electrons. The van der Waals surface area contributed by atoms with Crippen molar-refractivity contribution in [3.63, 3.8) is 0 Å². The van der Waals surface area contributed by atoms with Crippen LogP contribution in [0.15, 0.2) is 12.1 Å². The van der Waals surface area contributed by atoms with Crippen LogP contribution in [0.5, 0.6) is 0 Å². The first-order valence-corrected chi connectivity index (χ1v) is 5.27. The minimum atomic E-state index is -1.03. The number of anilines is 1. The van der Waals surface area contributed by atoms with Crippen molar-refractivity contribution in [3.05, 3.63) is 17.3 Å². The molecule has 0 unspecified atom stereocenters. The quantitative estimate of drug-likeness (QED) is 0.874. The van der Waals surface area contributed by atoms with Crippen LogP contribution in [0, 0.1) is 0 Å². The predicted octanol–water partition coefficient (Wildman–Crippen LogP) is 1.82. The highest BCUT2D eigenvalue weighted by atomic mass is 35.5. The Hall–Kier alpha value is -1.36. The second kappa shape index (κ2) is 4.65. The van der Waals surface area contributed by atoms with E-state index in [4.69, 9.17) is 16.7 Å². The zero-order chi connectivity index (χ0) is 12.3. The Kier molecular flexibility index (Phi) is 3.70. The van der Waals surface area contributed by atoms with Crippen LogP contribution in [0.2, 0.25) is 5.15 Å². The third kappa shape index (κ3) is 2.41. The molecule has 1 N–H and O–H groups in total. The maximum atomic E-state index is 11.1.